The van der Waals surface area contributed by atoms with E-state index in [4.69, 9.17) is 9.84 Å². The van der Waals surface area contributed by atoms with Gasteiger partial charge in [0, 0.05) is 6.08 Å². The molecule has 0 amide bonds. The van der Waals surface area contributed by atoms with Gasteiger partial charge < -0.3 is 9.84 Å². The van der Waals surface area contributed by atoms with Crippen LogP contribution in [0.25, 0.3) is 0 Å². The van der Waals surface area contributed by atoms with E-state index < -0.39 is 5.97 Å². The lowest BCUT2D eigenvalue weighted by molar-refractivity contribution is -0.131. The molecule has 0 aromatic heterocycles. The monoisotopic (exact) mass is 304 g/mol. The van der Waals surface area contributed by atoms with Crippen molar-refractivity contribution in [3.05, 3.63) is 40.0 Å². The van der Waals surface area contributed by atoms with Gasteiger partial charge >= 0.3 is 5.97 Å². The van der Waals surface area contributed by atoms with Gasteiger partial charge in [-0.2, -0.15) is 0 Å². The molecule has 0 fully saturated rings. The van der Waals surface area contributed by atoms with Gasteiger partial charge in [-0.1, -0.05) is 12.1 Å². The minimum Gasteiger partial charge on any atom is -0.488 e. The number of ether oxygens (including phenoxy) is 1. The van der Waals surface area contributed by atoms with E-state index in [1.54, 1.807) is 0 Å². The van der Waals surface area contributed by atoms with E-state index in [-0.39, 0.29) is 6.61 Å². The topological polar surface area (TPSA) is 46.5 Å². The van der Waals surface area contributed by atoms with Crippen molar-refractivity contribution >= 4 is 28.6 Å². The molecule has 74 valence electrons. The summed E-state index contributed by atoms with van der Waals surface area (Å²) in [6.07, 6.45) is 2.53. The van der Waals surface area contributed by atoms with E-state index >= 15 is 0 Å². The van der Waals surface area contributed by atoms with E-state index in [2.05, 4.69) is 22.6 Å². The lowest BCUT2D eigenvalue weighted by Gasteiger charge is -2.04. The molecule has 0 aliphatic rings. The molecule has 1 rings (SSSR count). The Labute approximate surface area is 95.5 Å². The summed E-state index contributed by atoms with van der Waals surface area (Å²) in [6.45, 7) is 0.270. The average Bonchev–Trinajstić information content (AvgIpc) is 2.15. The van der Waals surface area contributed by atoms with Crippen LogP contribution in [0.15, 0.2) is 36.4 Å². The third-order valence-electron chi connectivity index (χ3n) is 1.43. The van der Waals surface area contributed by atoms with Crippen LogP contribution in [0.5, 0.6) is 5.75 Å². The molecule has 0 heterocycles. The van der Waals surface area contributed by atoms with Crippen molar-refractivity contribution in [2.75, 3.05) is 6.61 Å². The first-order chi connectivity index (χ1) is 6.70. The maximum absolute atomic E-state index is 10.1. The number of carbonyl (C=O) groups is 1. The van der Waals surface area contributed by atoms with Crippen LogP contribution in [-0.4, -0.2) is 17.7 Å². The van der Waals surface area contributed by atoms with E-state index in [1.165, 1.54) is 6.08 Å². The second-order valence-electron chi connectivity index (χ2n) is 2.48. The predicted octanol–water partition coefficient (Wildman–Crippen LogP) is 2.31. The summed E-state index contributed by atoms with van der Waals surface area (Å²) >= 11 is 2.16. The molecule has 0 aliphatic carbocycles. The Morgan fingerprint density at radius 3 is 2.86 bits per heavy atom. The largest absolute Gasteiger partial charge is 0.488 e. The van der Waals surface area contributed by atoms with Crippen LogP contribution in [-0.2, 0) is 4.79 Å². The molecule has 1 aromatic rings. The maximum Gasteiger partial charge on any atom is 0.328 e. The quantitative estimate of drug-likeness (QED) is 0.686. The molecule has 0 atom stereocenters. The van der Waals surface area contributed by atoms with Crippen molar-refractivity contribution in [1.29, 1.82) is 0 Å². The number of hydrogen-bond acceptors (Lipinski definition) is 2. The molecular weight excluding hydrogens is 295 g/mol. The Bertz CT molecular complexity index is 347. The molecule has 1 aromatic carbocycles. The van der Waals surface area contributed by atoms with Gasteiger partial charge in [0.05, 0.1) is 3.57 Å². The van der Waals surface area contributed by atoms with Crippen LogP contribution in [0.3, 0.4) is 0 Å². The van der Waals surface area contributed by atoms with Crippen molar-refractivity contribution < 1.29 is 14.6 Å². The summed E-state index contributed by atoms with van der Waals surface area (Å²) < 4.78 is 6.34. The second kappa shape index (κ2) is 5.64. The summed E-state index contributed by atoms with van der Waals surface area (Å²) in [5, 5.41) is 8.32. The highest BCUT2D eigenvalue weighted by molar-refractivity contribution is 14.1. The first-order valence-corrected chi connectivity index (χ1v) is 5.05. The molecular formula is C10H9IO3. The lowest BCUT2D eigenvalue weighted by Crippen LogP contribution is -1.96. The summed E-state index contributed by atoms with van der Waals surface area (Å²) in [5.74, 6) is -0.195. The van der Waals surface area contributed by atoms with E-state index in [0.29, 0.717) is 0 Å². The number of benzene rings is 1. The van der Waals surface area contributed by atoms with Gasteiger partial charge in [0.15, 0.2) is 0 Å². The van der Waals surface area contributed by atoms with Crippen LogP contribution < -0.4 is 4.74 Å². The lowest BCUT2D eigenvalue weighted by atomic mass is 10.3. The Kier molecular flexibility index (Phi) is 4.45. The molecule has 0 spiro atoms. The zero-order valence-corrected chi connectivity index (χ0v) is 9.47. The van der Waals surface area contributed by atoms with Crippen molar-refractivity contribution in [3.63, 3.8) is 0 Å². The van der Waals surface area contributed by atoms with Crippen LogP contribution >= 0.6 is 22.6 Å². The highest BCUT2D eigenvalue weighted by Crippen LogP contribution is 2.19. The standard InChI is InChI=1S/C10H9IO3/c11-8-4-1-2-5-9(8)14-7-3-6-10(12)13/h1-6H,7H2,(H,12,13)/b6-3+. The van der Waals surface area contributed by atoms with Crippen LogP contribution in [0, 0.1) is 3.57 Å². The van der Waals surface area contributed by atoms with Crippen LogP contribution in [0.4, 0.5) is 0 Å². The van der Waals surface area contributed by atoms with E-state index in [0.717, 1.165) is 15.4 Å². The van der Waals surface area contributed by atoms with Crippen LogP contribution in [0.2, 0.25) is 0 Å². The molecule has 0 unspecified atom stereocenters. The van der Waals surface area contributed by atoms with Crippen molar-refractivity contribution in [2.24, 2.45) is 0 Å². The van der Waals surface area contributed by atoms with Crippen molar-refractivity contribution in [3.8, 4) is 5.75 Å². The zero-order valence-electron chi connectivity index (χ0n) is 7.31. The Morgan fingerprint density at radius 1 is 1.50 bits per heavy atom. The smallest absolute Gasteiger partial charge is 0.328 e. The number of para-hydroxylation sites is 1. The van der Waals surface area contributed by atoms with Gasteiger partial charge in [0.2, 0.25) is 0 Å². The normalized spacial score (nSPS) is 10.4. The molecule has 3 nitrogen and oxygen atoms in total. The zero-order chi connectivity index (χ0) is 10.4. The second-order valence-corrected chi connectivity index (χ2v) is 3.64. The average molecular weight is 304 g/mol. The number of halogens is 1. The van der Waals surface area contributed by atoms with Gasteiger partial charge in [-0.15, -0.1) is 0 Å². The summed E-state index contributed by atoms with van der Waals surface area (Å²) in [7, 11) is 0. The summed E-state index contributed by atoms with van der Waals surface area (Å²) in [6, 6.07) is 7.56. The SMILES string of the molecule is O=C(O)/C=C/COc1ccccc1I. The number of hydrogen-bond donors (Lipinski definition) is 1. The fourth-order valence-corrected chi connectivity index (χ4v) is 1.39. The highest BCUT2D eigenvalue weighted by atomic mass is 127. The Hall–Kier alpha value is -1.04. The molecule has 0 radical (unpaired) electrons. The van der Waals surface area contributed by atoms with Crippen molar-refractivity contribution in [1.82, 2.24) is 0 Å². The number of rotatable bonds is 4. The third-order valence-corrected chi connectivity index (χ3v) is 2.32. The molecule has 0 bridgehead atoms. The third kappa shape index (κ3) is 3.78. The minimum absolute atomic E-state index is 0.270. The summed E-state index contributed by atoms with van der Waals surface area (Å²) in [5.41, 5.74) is 0. The van der Waals surface area contributed by atoms with Crippen molar-refractivity contribution in [2.45, 2.75) is 0 Å². The molecule has 0 saturated carbocycles. The van der Waals surface area contributed by atoms with Gasteiger partial charge in [0.1, 0.15) is 12.4 Å². The molecule has 0 saturated heterocycles. The van der Waals surface area contributed by atoms with E-state index in [1.807, 2.05) is 24.3 Å². The Balaban J connectivity index is 2.46. The van der Waals surface area contributed by atoms with Gasteiger partial charge in [0.25, 0.3) is 0 Å². The maximum atomic E-state index is 10.1. The molecule has 14 heavy (non-hydrogen) atoms. The number of carboxylic acids is 1. The number of aliphatic carboxylic acids is 1. The summed E-state index contributed by atoms with van der Waals surface area (Å²) in [4.78, 5) is 10.1. The van der Waals surface area contributed by atoms with Gasteiger partial charge in [-0.3, -0.25) is 0 Å². The first kappa shape index (κ1) is 11.0. The Morgan fingerprint density at radius 2 is 2.21 bits per heavy atom. The minimum atomic E-state index is -0.962. The highest BCUT2D eigenvalue weighted by Gasteiger charge is 1.96. The molecule has 0 aliphatic heterocycles. The fraction of sp³-hybridized carbons (Fsp3) is 0.100. The van der Waals surface area contributed by atoms with Gasteiger partial charge in [-0.05, 0) is 40.8 Å². The molecule has 1 N–H and O–H groups in total. The van der Waals surface area contributed by atoms with Gasteiger partial charge in [-0.25, -0.2) is 4.79 Å². The first-order valence-electron chi connectivity index (χ1n) is 3.97. The molecule has 4 heteroatoms. The van der Waals surface area contributed by atoms with Crippen LogP contribution in [0.1, 0.15) is 0 Å². The predicted molar refractivity (Wildman–Crippen MR) is 61.4 cm³/mol. The van der Waals surface area contributed by atoms with E-state index in [9.17, 15) is 4.79 Å². The fourth-order valence-electron chi connectivity index (χ4n) is 0.849. The number of carboxylic acid groups (broad SMARTS) is 1.